The van der Waals surface area contributed by atoms with E-state index in [-0.39, 0.29) is 12.0 Å². The number of aliphatic imine (C=N–C) groups is 1. The SMILES string of the molecule is CCCCCCCOc1ccc(Cl)cc1C(=O)N=CC(Cc1ccc(-c2ccc(C(F)(F)F)cc2)cc1)C(=O)O. The van der Waals surface area contributed by atoms with E-state index in [1.165, 1.54) is 18.2 Å². The van der Waals surface area contributed by atoms with Gasteiger partial charge >= 0.3 is 12.1 Å². The van der Waals surface area contributed by atoms with Gasteiger partial charge in [0.05, 0.1) is 23.7 Å². The second kappa shape index (κ2) is 14.7. The summed E-state index contributed by atoms with van der Waals surface area (Å²) < 4.78 is 44.2. The molecule has 0 spiro atoms. The molecule has 1 amide bonds. The summed E-state index contributed by atoms with van der Waals surface area (Å²) in [5.41, 5.74) is 1.37. The maximum absolute atomic E-state index is 12.9. The lowest BCUT2D eigenvalue weighted by Crippen LogP contribution is -2.18. The van der Waals surface area contributed by atoms with Crippen molar-refractivity contribution in [3.8, 4) is 16.9 Å². The highest BCUT2D eigenvalue weighted by atomic mass is 35.5. The van der Waals surface area contributed by atoms with Crippen LogP contribution in [0.25, 0.3) is 11.1 Å². The van der Waals surface area contributed by atoms with Gasteiger partial charge in [-0.2, -0.15) is 13.2 Å². The lowest BCUT2D eigenvalue weighted by molar-refractivity contribution is -0.139. The molecule has 0 aliphatic rings. The van der Waals surface area contributed by atoms with Crippen molar-refractivity contribution in [2.24, 2.45) is 10.9 Å². The minimum Gasteiger partial charge on any atom is -0.493 e. The fourth-order valence-corrected chi connectivity index (χ4v) is 4.22. The monoisotopic (exact) mass is 573 g/mol. The molecule has 0 radical (unpaired) electrons. The van der Waals surface area contributed by atoms with Crippen LogP contribution in [0.3, 0.4) is 0 Å². The molecule has 0 saturated carbocycles. The molecule has 1 unspecified atom stereocenters. The molecule has 1 N–H and O–H groups in total. The first-order valence-electron chi connectivity index (χ1n) is 13.1. The van der Waals surface area contributed by atoms with E-state index in [1.54, 1.807) is 36.4 Å². The van der Waals surface area contributed by atoms with Gasteiger partial charge in [0.2, 0.25) is 0 Å². The van der Waals surface area contributed by atoms with Crippen molar-refractivity contribution < 1.29 is 32.6 Å². The number of halogens is 4. The quantitative estimate of drug-likeness (QED) is 0.164. The molecule has 3 rings (SSSR count). The van der Waals surface area contributed by atoms with Crippen LogP contribution in [0.2, 0.25) is 5.02 Å². The van der Waals surface area contributed by atoms with Crippen LogP contribution in [0.1, 0.15) is 60.5 Å². The Hall–Kier alpha value is -3.65. The fourth-order valence-electron chi connectivity index (χ4n) is 4.05. The Balaban J connectivity index is 1.66. The van der Waals surface area contributed by atoms with Gasteiger partial charge < -0.3 is 9.84 Å². The van der Waals surface area contributed by atoms with Crippen LogP contribution in [0.4, 0.5) is 13.2 Å². The van der Waals surface area contributed by atoms with Crippen LogP contribution in [0, 0.1) is 5.92 Å². The molecule has 0 heterocycles. The Labute approximate surface area is 236 Å². The second-order valence-corrected chi connectivity index (χ2v) is 9.84. The van der Waals surface area contributed by atoms with Crippen LogP contribution in [-0.4, -0.2) is 29.8 Å². The number of benzene rings is 3. The molecule has 0 aliphatic carbocycles. The van der Waals surface area contributed by atoms with E-state index in [1.807, 2.05) is 0 Å². The number of carbonyl (C=O) groups excluding carboxylic acids is 1. The predicted molar refractivity (Wildman–Crippen MR) is 150 cm³/mol. The normalized spacial score (nSPS) is 12.4. The highest BCUT2D eigenvalue weighted by Gasteiger charge is 2.30. The lowest BCUT2D eigenvalue weighted by Gasteiger charge is -2.11. The summed E-state index contributed by atoms with van der Waals surface area (Å²) in [7, 11) is 0. The summed E-state index contributed by atoms with van der Waals surface area (Å²) >= 11 is 6.08. The lowest BCUT2D eigenvalue weighted by atomic mass is 9.97. The second-order valence-electron chi connectivity index (χ2n) is 9.41. The van der Waals surface area contributed by atoms with E-state index >= 15 is 0 Å². The molecule has 1 atom stereocenters. The van der Waals surface area contributed by atoms with Crippen LogP contribution in [0.15, 0.2) is 71.7 Å². The van der Waals surface area contributed by atoms with Gasteiger partial charge in [-0.1, -0.05) is 80.6 Å². The van der Waals surface area contributed by atoms with Crippen molar-refractivity contribution in [3.05, 3.63) is 88.4 Å². The summed E-state index contributed by atoms with van der Waals surface area (Å²) in [5, 5.41) is 10.0. The highest BCUT2D eigenvalue weighted by Crippen LogP contribution is 2.31. The third-order valence-electron chi connectivity index (χ3n) is 6.32. The van der Waals surface area contributed by atoms with Gasteiger partial charge in [-0.05, 0) is 59.9 Å². The summed E-state index contributed by atoms with van der Waals surface area (Å²) in [6.07, 6.45) is 2.04. The summed E-state index contributed by atoms with van der Waals surface area (Å²) in [4.78, 5) is 28.6. The number of carboxylic acid groups (broad SMARTS) is 1. The molecular formula is C31H31ClF3NO4. The zero-order valence-electron chi connectivity index (χ0n) is 22.1. The van der Waals surface area contributed by atoms with E-state index in [0.717, 1.165) is 50.5 Å². The Morgan fingerprint density at radius 1 is 0.950 bits per heavy atom. The number of alkyl halides is 3. The number of amides is 1. The van der Waals surface area contributed by atoms with Gasteiger partial charge in [0, 0.05) is 11.2 Å². The molecule has 0 fully saturated rings. The van der Waals surface area contributed by atoms with Gasteiger partial charge in [0.1, 0.15) is 5.75 Å². The van der Waals surface area contributed by atoms with Crippen molar-refractivity contribution in [1.82, 2.24) is 0 Å². The standard InChI is InChI=1S/C31H31ClF3NO4/c1-2-3-4-5-6-17-40-28-16-15-26(32)19-27(28)29(37)36-20-24(30(38)39)18-21-7-9-22(10-8-21)23-11-13-25(14-12-23)31(33,34)35/h7-16,19-20,24H,2-6,17-18H2,1H3,(H,38,39). The van der Waals surface area contributed by atoms with Crippen LogP contribution < -0.4 is 4.74 Å². The first-order valence-corrected chi connectivity index (χ1v) is 13.5. The van der Waals surface area contributed by atoms with Gasteiger partial charge in [-0.25, -0.2) is 4.99 Å². The molecule has 0 aliphatic heterocycles. The van der Waals surface area contributed by atoms with Crippen molar-refractivity contribution in [1.29, 1.82) is 0 Å². The minimum absolute atomic E-state index is 0.0655. The number of carboxylic acids is 1. The first kappa shape index (κ1) is 30.9. The molecule has 40 heavy (non-hydrogen) atoms. The number of hydrogen-bond acceptors (Lipinski definition) is 3. The number of unbranched alkanes of at least 4 members (excludes halogenated alkanes) is 4. The molecule has 3 aromatic rings. The maximum Gasteiger partial charge on any atom is 0.416 e. The third kappa shape index (κ3) is 9.23. The Kier molecular flexibility index (Phi) is 11.3. The molecule has 5 nitrogen and oxygen atoms in total. The van der Waals surface area contributed by atoms with Gasteiger partial charge in [0.15, 0.2) is 0 Å². The zero-order chi connectivity index (χ0) is 29.1. The van der Waals surface area contributed by atoms with E-state index < -0.39 is 29.5 Å². The first-order chi connectivity index (χ1) is 19.1. The number of rotatable bonds is 13. The Bertz CT molecular complexity index is 1310. The summed E-state index contributed by atoms with van der Waals surface area (Å²) in [6, 6.07) is 16.3. The largest absolute Gasteiger partial charge is 0.493 e. The Morgan fingerprint density at radius 2 is 1.57 bits per heavy atom. The number of nitrogens with zero attached hydrogens (tertiary/aromatic N) is 1. The molecular weight excluding hydrogens is 543 g/mol. The average molecular weight is 574 g/mol. The van der Waals surface area contributed by atoms with Gasteiger partial charge in [-0.15, -0.1) is 0 Å². The number of hydrogen-bond donors (Lipinski definition) is 1. The molecule has 212 valence electrons. The van der Waals surface area contributed by atoms with Gasteiger partial charge in [0.25, 0.3) is 5.91 Å². The number of ether oxygens (including phenoxy) is 1. The molecule has 9 heteroatoms. The van der Waals surface area contributed by atoms with E-state index in [4.69, 9.17) is 16.3 Å². The van der Waals surface area contributed by atoms with Crippen molar-refractivity contribution in [2.45, 2.75) is 51.6 Å². The summed E-state index contributed by atoms with van der Waals surface area (Å²) in [6.45, 7) is 2.58. The number of aliphatic carboxylic acids is 1. The predicted octanol–water partition coefficient (Wildman–Crippen LogP) is 8.53. The zero-order valence-corrected chi connectivity index (χ0v) is 22.8. The van der Waals surface area contributed by atoms with E-state index in [2.05, 4.69) is 11.9 Å². The van der Waals surface area contributed by atoms with Crippen LogP contribution in [0.5, 0.6) is 5.75 Å². The van der Waals surface area contributed by atoms with Crippen molar-refractivity contribution >= 4 is 29.7 Å². The minimum atomic E-state index is -4.41. The highest BCUT2D eigenvalue weighted by molar-refractivity contribution is 6.31. The third-order valence-corrected chi connectivity index (χ3v) is 6.56. The molecule has 0 saturated heterocycles. The van der Waals surface area contributed by atoms with Crippen molar-refractivity contribution in [3.63, 3.8) is 0 Å². The van der Waals surface area contributed by atoms with Crippen molar-refractivity contribution in [2.75, 3.05) is 6.61 Å². The average Bonchev–Trinajstić information content (AvgIpc) is 2.93. The molecule has 3 aromatic carbocycles. The molecule has 0 aromatic heterocycles. The fraction of sp³-hybridized carbons (Fsp3) is 0.323. The van der Waals surface area contributed by atoms with Crippen LogP contribution in [-0.2, 0) is 17.4 Å². The van der Waals surface area contributed by atoms with Gasteiger partial charge in [-0.3, -0.25) is 9.59 Å². The van der Waals surface area contributed by atoms with Crippen LogP contribution >= 0.6 is 11.6 Å². The topological polar surface area (TPSA) is 76.0 Å². The maximum atomic E-state index is 12.9. The van der Waals surface area contributed by atoms with E-state index in [9.17, 15) is 27.9 Å². The van der Waals surface area contributed by atoms with E-state index in [0.29, 0.717) is 34.1 Å². The number of carbonyl (C=O) groups is 2. The smallest absolute Gasteiger partial charge is 0.416 e. The Morgan fingerprint density at radius 3 is 2.17 bits per heavy atom. The summed E-state index contributed by atoms with van der Waals surface area (Å²) in [5.74, 6) is -2.55. The molecule has 0 bridgehead atoms.